The van der Waals surface area contributed by atoms with Crippen LogP contribution in [0.15, 0.2) is 18.5 Å². The van der Waals surface area contributed by atoms with Gasteiger partial charge in [-0.1, -0.05) is 6.92 Å². The third-order valence-electron chi connectivity index (χ3n) is 4.38. The first kappa shape index (κ1) is 16.7. The number of nitrogens with zero attached hydrogens (tertiary/aromatic N) is 4. The number of hydrogen-bond acceptors (Lipinski definition) is 5. The minimum atomic E-state index is 0.129. The Labute approximate surface area is 142 Å². The van der Waals surface area contributed by atoms with Crippen molar-refractivity contribution in [3.05, 3.63) is 24.2 Å². The number of carbonyl (C=O) groups is 1. The van der Waals surface area contributed by atoms with Crippen LogP contribution in [0.1, 0.15) is 31.9 Å². The molecule has 0 unspecified atom stereocenters. The van der Waals surface area contributed by atoms with Crippen molar-refractivity contribution in [2.75, 3.05) is 31.5 Å². The lowest BCUT2D eigenvalue weighted by Crippen LogP contribution is -2.44. The van der Waals surface area contributed by atoms with E-state index in [2.05, 4.69) is 32.5 Å². The van der Waals surface area contributed by atoms with E-state index in [-0.39, 0.29) is 5.91 Å². The van der Waals surface area contributed by atoms with E-state index < -0.39 is 0 Å². The number of anilines is 1. The minimum Gasteiger partial charge on any atom is -0.365 e. The van der Waals surface area contributed by atoms with Crippen LogP contribution in [0.2, 0.25) is 0 Å². The Kier molecular flexibility index (Phi) is 5.30. The van der Waals surface area contributed by atoms with Crippen LogP contribution in [0.3, 0.4) is 0 Å². The third-order valence-corrected chi connectivity index (χ3v) is 4.38. The van der Waals surface area contributed by atoms with Crippen molar-refractivity contribution in [3.8, 4) is 0 Å². The first-order valence-corrected chi connectivity index (χ1v) is 8.72. The van der Waals surface area contributed by atoms with Crippen LogP contribution in [0.5, 0.6) is 0 Å². The van der Waals surface area contributed by atoms with Crippen LogP contribution in [0.4, 0.5) is 5.82 Å². The van der Waals surface area contributed by atoms with E-state index in [1.807, 2.05) is 23.7 Å². The third kappa shape index (κ3) is 4.03. The standard InChI is InChI=1S/C17H26N6O/c1-3-6-18-16(24)12-22-8-4-14(5-9-22)20-17-15-11-13(2)21-23(15)10-7-19-17/h7,10-11,14H,3-6,8-9,12H2,1-2H3,(H,18,24)(H,19,20). The van der Waals surface area contributed by atoms with Crippen LogP contribution in [0.25, 0.3) is 5.52 Å². The zero-order valence-electron chi connectivity index (χ0n) is 14.5. The van der Waals surface area contributed by atoms with E-state index >= 15 is 0 Å². The molecule has 7 heteroatoms. The van der Waals surface area contributed by atoms with Crippen molar-refractivity contribution in [3.63, 3.8) is 0 Å². The average Bonchev–Trinajstić information content (AvgIpc) is 2.96. The molecule has 0 saturated carbocycles. The largest absolute Gasteiger partial charge is 0.365 e. The van der Waals surface area contributed by atoms with Gasteiger partial charge in [0.1, 0.15) is 5.52 Å². The summed E-state index contributed by atoms with van der Waals surface area (Å²) in [7, 11) is 0. The molecule has 2 aromatic rings. The molecule has 3 rings (SSSR count). The number of nitrogens with one attached hydrogen (secondary N) is 2. The molecule has 1 amide bonds. The normalized spacial score (nSPS) is 16.4. The molecule has 0 spiro atoms. The highest BCUT2D eigenvalue weighted by Crippen LogP contribution is 2.19. The minimum absolute atomic E-state index is 0.129. The van der Waals surface area contributed by atoms with Gasteiger partial charge in [0.25, 0.3) is 0 Å². The summed E-state index contributed by atoms with van der Waals surface area (Å²) in [6.07, 6.45) is 6.64. The predicted octanol–water partition coefficient (Wildman–Crippen LogP) is 1.44. The van der Waals surface area contributed by atoms with Crippen molar-refractivity contribution in [2.45, 2.75) is 39.2 Å². The van der Waals surface area contributed by atoms with Gasteiger partial charge in [-0.3, -0.25) is 9.69 Å². The molecule has 2 N–H and O–H groups in total. The molecule has 0 atom stereocenters. The summed E-state index contributed by atoms with van der Waals surface area (Å²) < 4.78 is 1.86. The van der Waals surface area contributed by atoms with Crippen molar-refractivity contribution < 1.29 is 4.79 Å². The summed E-state index contributed by atoms with van der Waals surface area (Å²) in [5.74, 6) is 1.02. The Morgan fingerprint density at radius 1 is 1.38 bits per heavy atom. The molecule has 0 bridgehead atoms. The lowest BCUT2D eigenvalue weighted by molar-refractivity contribution is -0.122. The number of piperidine rings is 1. The van der Waals surface area contributed by atoms with E-state index in [9.17, 15) is 4.79 Å². The van der Waals surface area contributed by atoms with Gasteiger partial charge >= 0.3 is 0 Å². The van der Waals surface area contributed by atoms with Gasteiger partial charge in [0, 0.05) is 38.1 Å². The van der Waals surface area contributed by atoms with Gasteiger partial charge in [-0.2, -0.15) is 5.10 Å². The fourth-order valence-electron chi connectivity index (χ4n) is 3.11. The number of aromatic nitrogens is 3. The molecule has 2 aromatic heterocycles. The fourth-order valence-corrected chi connectivity index (χ4v) is 3.11. The zero-order chi connectivity index (χ0) is 16.9. The highest BCUT2D eigenvalue weighted by molar-refractivity contribution is 5.78. The number of carbonyl (C=O) groups excluding carboxylic acids is 1. The quantitative estimate of drug-likeness (QED) is 0.838. The maximum absolute atomic E-state index is 11.8. The number of likely N-dealkylation sites (tertiary alicyclic amines) is 1. The molecular formula is C17H26N6O. The summed E-state index contributed by atoms with van der Waals surface area (Å²) in [6.45, 7) is 7.17. The van der Waals surface area contributed by atoms with Gasteiger partial charge in [-0.15, -0.1) is 0 Å². The predicted molar refractivity (Wildman–Crippen MR) is 94.1 cm³/mol. The van der Waals surface area contributed by atoms with Crippen LogP contribution in [-0.2, 0) is 4.79 Å². The summed E-state index contributed by atoms with van der Waals surface area (Å²) in [6, 6.07) is 2.43. The second-order valence-corrected chi connectivity index (χ2v) is 6.44. The summed E-state index contributed by atoms with van der Waals surface area (Å²) in [5.41, 5.74) is 2.00. The number of aryl methyl sites for hydroxylation is 1. The fraction of sp³-hybridized carbons (Fsp3) is 0.588. The topological polar surface area (TPSA) is 74.6 Å². The van der Waals surface area contributed by atoms with Crippen molar-refractivity contribution in [1.29, 1.82) is 0 Å². The van der Waals surface area contributed by atoms with Crippen molar-refractivity contribution >= 4 is 17.2 Å². The Hall–Kier alpha value is -2.15. The first-order valence-electron chi connectivity index (χ1n) is 8.72. The van der Waals surface area contributed by atoms with Crippen molar-refractivity contribution in [1.82, 2.24) is 24.8 Å². The lowest BCUT2D eigenvalue weighted by atomic mass is 10.0. The van der Waals surface area contributed by atoms with Crippen LogP contribution in [-0.4, -0.2) is 57.6 Å². The molecule has 0 aromatic carbocycles. The molecule has 0 radical (unpaired) electrons. The zero-order valence-corrected chi connectivity index (χ0v) is 14.5. The molecule has 1 aliphatic heterocycles. The molecule has 0 aliphatic carbocycles. The molecule has 7 nitrogen and oxygen atoms in total. The summed E-state index contributed by atoms with van der Waals surface area (Å²) in [4.78, 5) is 18.5. The number of rotatable bonds is 6. The molecule has 1 fully saturated rings. The Morgan fingerprint density at radius 3 is 2.92 bits per heavy atom. The van der Waals surface area contributed by atoms with Gasteiger partial charge in [-0.25, -0.2) is 9.50 Å². The second kappa shape index (κ2) is 7.61. The van der Waals surface area contributed by atoms with Crippen LogP contribution >= 0.6 is 0 Å². The average molecular weight is 330 g/mol. The Morgan fingerprint density at radius 2 is 2.17 bits per heavy atom. The Balaban J connectivity index is 1.52. The van der Waals surface area contributed by atoms with Gasteiger partial charge in [0.2, 0.25) is 5.91 Å². The number of amides is 1. The van der Waals surface area contributed by atoms with Gasteiger partial charge in [-0.05, 0) is 32.3 Å². The highest BCUT2D eigenvalue weighted by atomic mass is 16.2. The van der Waals surface area contributed by atoms with Crippen LogP contribution in [0, 0.1) is 6.92 Å². The van der Waals surface area contributed by atoms with Gasteiger partial charge < -0.3 is 10.6 Å². The first-order chi connectivity index (χ1) is 11.7. The number of hydrogen-bond donors (Lipinski definition) is 2. The molecule has 24 heavy (non-hydrogen) atoms. The lowest BCUT2D eigenvalue weighted by Gasteiger charge is -2.32. The molecule has 130 valence electrons. The van der Waals surface area contributed by atoms with E-state index in [0.29, 0.717) is 12.6 Å². The van der Waals surface area contributed by atoms with Gasteiger partial charge in [0.05, 0.1) is 12.2 Å². The maximum Gasteiger partial charge on any atom is 0.234 e. The van der Waals surface area contributed by atoms with Crippen molar-refractivity contribution in [2.24, 2.45) is 0 Å². The SMILES string of the molecule is CCCNC(=O)CN1CCC(Nc2nccn3nc(C)cc23)CC1. The highest BCUT2D eigenvalue weighted by Gasteiger charge is 2.21. The number of fused-ring (bicyclic) bond motifs is 1. The second-order valence-electron chi connectivity index (χ2n) is 6.44. The van der Waals surface area contributed by atoms with E-state index in [1.54, 1.807) is 6.20 Å². The van der Waals surface area contributed by atoms with E-state index in [1.165, 1.54) is 0 Å². The Bertz CT molecular complexity index is 689. The smallest absolute Gasteiger partial charge is 0.234 e. The monoisotopic (exact) mass is 330 g/mol. The van der Waals surface area contributed by atoms with E-state index in [4.69, 9.17) is 0 Å². The summed E-state index contributed by atoms with van der Waals surface area (Å²) >= 11 is 0. The van der Waals surface area contributed by atoms with Crippen LogP contribution < -0.4 is 10.6 Å². The maximum atomic E-state index is 11.8. The molecular weight excluding hydrogens is 304 g/mol. The summed E-state index contributed by atoms with van der Waals surface area (Å²) in [5, 5.41) is 10.9. The molecule has 1 aliphatic rings. The molecule has 1 saturated heterocycles. The molecule has 3 heterocycles. The van der Waals surface area contributed by atoms with E-state index in [0.717, 1.165) is 55.9 Å². The van der Waals surface area contributed by atoms with Gasteiger partial charge in [0.15, 0.2) is 5.82 Å².